The highest BCUT2D eigenvalue weighted by Crippen LogP contribution is 2.33. The van der Waals surface area contributed by atoms with Gasteiger partial charge in [-0.25, -0.2) is 4.39 Å². The summed E-state index contributed by atoms with van der Waals surface area (Å²) < 4.78 is 25.7. The highest BCUT2D eigenvalue weighted by molar-refractivity contribution is 6.04. The van der Waals surface area contributed by atoms with E-state index in [2.05, 4.69) is 20.8 Å². The number of rotatable bonds is 7. The molecule has 0 aliphatic carbocycles. The zero-order chi connectivity index (χ0) is 19.4. The number of carbonyl (C=O) groups is 1. The molecule has 1 aromatic carbocycles. The number of hydrogen-bond acceptors (Lipinski definition) is 7. The first-order valence-corrected chi connectivity index (χ1v) is 8.14. The standard InChI is InChI=1S/C17H19FN6O3/c1-23(2)16-14(17(25)19-6-8-24-9-7-20-22-24)15(27-21-16)11-4-5-12(18)13(10-11)26-3/h4-5,7,9-10H,6,8H2,1-3H3,(H,19,25). The van der Waals surface area contributed by atoms with E-state index in [1.165, 1.54) is 25.3 Å². The van der Waals surface area contributed by atoms with Crippen molar-refractivity contribution < 1.29 is 18.4 Å². The highest BCUT2D eigenvalue weighted by Gasteiger charge is 2.26. The molecule has 0 aliphatic rings. The summed E-state index contributed by atoms with van der Waals surface area (Å²) >= 11 is 0. The fourth-order valence-corrected chi connectivity index (χ4v) is 2.51. The second-order valence-corrected chi connectivity index (χ2v) is 5.88. The van der Waals surface area contributed by atoms with E-state index in [0.717, 1.165) is 0 Å². The van der Waals surface area contributed by atoms with E-state index in [1.54, 1.807) is 36.1 Å². The van der Waals surface area contributed by atoms with E-state index in [1.807, 2.05) is 0 Å². The average molecular weight is 374 g/mol. The largest absolute Gasteiger partial charge is 0.494 e. The maximum atomic E-state index is 13.7. The first-order chi connectivity index (χ1) is 13.0. The lowest BCUT2D eigenvalue weighted by atomic mass is 10.1. The minimum atomic E-state index is -0.507. The number of ether oxygens (including phenoxy) is 1. The number of hydrogen-bond donors (Lipinski definition) is 1. The van der Waals surface area contributed by atoms with E-state index < -0.39 is 5.82 Å². The second kappa shape index (κ2) is 7.85. The third-order valence-electron chi connectivity index (χ3n) is 3.84. The van der Waals surface area contributed by atoms with E-state index in [-0.39, 0.29) is 23.0 Å². The topological polar surface area (TPSA) is 98.3 Å². The fourth-order valence-electron chi connectivity index (χ4n) is 2.51. The van der Waals surface area contributed by atoms with Gasteiger partial charge < -0.3 is 19.5 Å². The van der Waals surface area contributed by atoms with Crippen LogP contribution in [0.2, 0.25) is 0 Å². The first-order valence-electron chi connectivity index (χ1n) is 8.14. The lowest BCUT2D eigenvalue weighted by Gasteiger charge is -2.11. The van der Waals surface area contributed by atoms with E-state index in [9.17, 15) is 9.18 Å². The summed E-state index contributed by atoms with van der Waals surface area (Å²) in [7, 11) is 4.86. The van der Waals surface area contributed by atoms with Crippen molar-refractivity contribution in [3.63, 3.8) is 0 Å². The molecule has 0 atom stereocenters. The molecule has 1 amide bonds. The molecule has 2 heterocycles. The molecule has 1 N–H and O–H groups in total. The molecule has 0 fully saturated rings. The monoisotopic (exact) mass is 374 g/mol. The van der Waals surface area contributed by atoms with Crippen molar-refractivity contribution in [2.75, 3.05) is 32.6 Å². The van der Waals surface area contributed by atoms with Gasteiger partial charge in [0, 0.05) is 32.4 Å². The van der Waals surface area contributed by atoms with Crippen LogP contribution in [0.25, 0.3) is 11.3 Å². The quantitative estimate of drug-likeness (QED) is 0.670. The lowest BCUT2D eigenvalue weighted by Crippen LogP contribution is -2.29. The maximum Gasteiger partial charge on any atom is 0.259 e. The third kappa shape index (κ3) is 3.89. The molecule has 0 bridgehead atoms. The van der Waals surface area contributed by atoms with Gasteiger partial charge in [0.15, 0.2) is 23.1 Å². The van der Waals surface area contributed by atoms with Crippen molar-refractivity contribution in [2.24, 2.45) is 0 Å². The Hall–Kier alpha value is -3.43. The summed E-state index contributed by atoms with van der Waals surface area (Å²) in [5, 5.41) is 14.3. The molecule has 142 valence electrons. The summed E-state index contributed by atoms with van der Waals surface area (Å²) in [6.07, 6.45) is 3.26. The summed E-state index contributed by atoms with van der Waals surface area (Å²) in [5.41, 5.74) is 0.738. The summed E-state index contributed by atoms with van der Waals surface area (Å²) in [6.45, 7) is 0.806. The molecule has 3 rings (SSSR count). The normalized spacial score (nSPS) is 10.7. The van der Waals surface area contributed by atoms with Gasteiger partial charge in [-0.3, -0.25) is 9.48 Å². The van der Waals surface area contributed by atoms with Gasteiger partial charge in [0.05, 0.1) is 19.9 Å². The third-order valence-corrected chi connectivity index (χ3v) is 3.84. The van der Waals surface area contributed by atoms with Gasteiger partial charge in [-0.05, 0) is 18.2 Å². The van der Waals surface area contributed by atoms with Gasteiger partial charge in [-0.1, -0.05) is 10.4 Å². The second-order valence-electron chi connectivity index (χ2n) is 5.88. The summed E-state index contributed by atoms with van der Waals surface area (Å²) in [5.74, 6) is -0.222. The van der Waals surface area contributed by atoms with Crippen molar-refractivity contribution in [2.45, 2.75) is 6.54 Å². The molecular weight excluding hydrogens is 355 g/mol. The number of nitrogens with zero attached hydrogens (tertiary/aromatic N) is 5. The van der Waals surface area contributed by atoms with Crippen LogP contribution in [0.1, 0.15) is 10.4 Å². The average Bonchev–Trinajstić information content (AvgIpc) is 3.31. The number of benzene rings is 1. The Morgan fingerprint density at radius 3 is 2.89 bits per heavy atom. The van der Waals surface area contributed by atoms with Crippen LogP contribution in [0.15, 0.2) is 35.1 Å². The van der Waals surface area contributed by atoms with Gasteiger partial charge in [-0.15, -0.1) is 5.10 Å². The number of methoxy groups -OCH3 is 1. The van der Waals surface area contributed by atoms with Crippen LogP contribution in [0, 0.1) is 5.82 Å². The zero-order valence-corrected chi connectivity index (χ0v) is 15.1. The number of amides is 1. The molecular formula is C17H19FN6O3. The van der Waals surface area contributed by atoms with Crippen LogP contribution in [0.3, 0.4) is 0 Å². The lowest BCUT2D eigenvalue weighted by molar-refractivity contribution is 0.0952. The number of halogens is 1. The molecule has 0 saturated carbocycles. The van der Waals surface area contributed by atoms with Crippen LogP contribution >= 0.6 is 0 Å². The minimum absolute atomic E-state index is 0.0489. The molecule has 0 aliphatic heterocycles. The van der Waals surface area contributed by atoms with Gasteiger partial charge in [-0.2, -0.15) is 0 Å². The molecule has 0 spiro atoms. The number of anilines is 1. The van der Waals surface area contributed by atoms with Crippen molar-refractivity contribution in [3.8, 4) is 17.1 Å². The zero-order valence-electron chi connectivity index (χ0n) is 15.1. The Morgan fingerprint density at radius 2 is 2.22 bits per heavy atom. The Labute approximate surface area is 154 Å². The highest BCUT2D eigenvalue weighted by atomic mass is 19.1. The summed E-state index contributed by atoms with van der Waals surface area (Å²) in [4.78, 5) is 14.5. The molecule has 27 heavy (non-hydrogen) atoms. The fraction of sp³-hybridized carbons (Fsp3) is 0.294. The van der Waals surface area contributed by atoms with Crippen molar-refractivity contribution in [3.05, 3.63) is 42.0 Å². The van der Waals surface area contributed by atoms with Gasteiger partial charge in [0.2, 0.25) is 0 Å². The molecule has 2 aromatic heterocycles. The van der Waals surface area contributed by atoms with Crippen molar-refractivity contribution in [1.29, 1.82) is 0 Å². The van der Waals surface area contributed by atoms with E-state index in [4.69, 9.17) is 9.26 Å². The predicted octanol–water partition coefficient (Wildman–Crippen LogP) is 1.58. The van der Waals surface area contributed by atoms with E-state index >= 15 is 0 Å². The smallest absolute Gasteiger partial charge is 0.259 e. The van der Waals surface area contributed by atoms with Crippen molar-refractivity contribution >= 4 is 11.7 Å². The molecule has 3 aromatic rings. The minimum Gasteiger partial charge on any atom is -0.494 e. The van der Waals surface area contributed by atoms with E-state index in [0.29, 0.717) is 24.5 Å². The SMILES string of the molecule is COc1cc(-c2onc(N(C)C)c2C(=O)NCCn2ccnn2)ccc1F. The Balaban J connectivity index is 1.88. The van der Waals surface area contributed by atoms with Crippen LogP contribution in [0.5, 0.6) is 5.75 Å². The van der Waals surface area contributed by atoms with Gasteiger partial charge in [0.25, 0.3) is 5.91 Å². The number of carbonyl (C=O) groups excluding carboxylic acids is 1. The maximum absolute atomic E-state index is 13.7. The van der Waals surface area contributed by atoms with Crippen LogP contribution in [-0.4, -0.2) is 53.8 Å². The Morgan fingerprint density at radius 1 is 1.41 bits per heavy atom. The summed E-state index contributed by atoms with van der Waals surface area (Å²) in [6, 6.07) is 4.21. The van der Waals surface area contributed by atoms with Gasteiger partial charge >= 0.3 is 0 Å². The number of nitrogens with one attached hydrogen (secondary N) is 1. The predicted molar refractivity (Wildman–Crippen MR) is 95.1 cm³/mol. The van der Waals surface area contributed by atoms with Gasteiger partial charge in [0.1, 0.15) is 5.56 Å². The molecule has 0 unspecified atom stereocenters. The van der Waals surface area contributed by atoms with Crippen molar-refractivity contribution in [1.82, 2.24) is 25.5 Å². The molecule has 0 saturated heterocycles. The Kier molecular flexibility index (Phi) is 5.34. The molecule has 0 radical (unpaired) electrons. The Bertz CT molecular complexity index is 923. The van der Waals surface area contributed by atoms with Crippen LogP contribution < -0.4 is 15.0 Å². The molecule has 10 heteroatoms. The van der Waals surface area contributed by atoms with Crippen LogP contribution in [-0.2, 0) is 6.54 Å². The molecule has 9 nitrogen and oxygen atoms in total. The first kappa shape index (κ1) is 18.4. The number of aromatic nitrogens is 4. The van der Waals surface area contributed by atoms with Crippen LogP contribution in [0.4, 0.5) is 10.2 Å².